The molecule has 0 aliphatic heterocycles. The molecule has 0 amide bonds. The van der Waals surface area contributed by atoms with Crippen molar-refractivity contribution in [3.8, 4) is 5.88 Å². The van der Waals surface area contributed by atoms with Crippen LogP contribution in [0.4, 0.5) is 5.13 Å². The molecule has 1 aromatic heterocycles. The Hall–Kier alpha value is -0.850. The van der Waals surface area contributed by atoms with Crippen LogP contribution >= 0.6 is 11.3 Å². The van der Waals surface area contributed by atoms with Crippen LogP contribution in [-0.4, -0.2) is 43.4 Å². The summed E-state index contributed by atoms with van der Waals surface area (Å²) in [5, 5.41) is 13.8. The quantitative estimate of drug-likeness (QED) is 0.815. The second-order valence-corrected chi connectivity index (χ2v) is 6.03. The second-order valence-electron chi connectivity index (χ2n) is 4.97. The van der Waals surface area contributed by atoms with Gasteiger partial charge in [0.05, 0.1) is 18.6 Å². The van der Waals surface area contributed by atoms with E-state index < -0.39 is 0 Å². The molecule has 1 saturated carbocycles. The van der Waals surface area contributed by atoms with E-state index in [-0.39, 0.29) is 12.1 Å². The standard InChI is InChI=1S/C12H21N3O2S/c1-15(2)11-14-10(17-3)9(18-11)7-13-12(8-16)5-4-6-12/h13,16H,4-8H2,1-3H3. The van der Waals surface area contributed by atoms with E-state index in [0.717, 1.165) is 22.9 Å². The van der Waals surface area contributed by atoms with Crippen molar-refractivity contribution in [3.05, 3.63) is 4.88 Å². The molecule has 6 heteroatoms. The van der Waals surface area contributed by atoms with Gasteiger partial charge in [0, 0.05) is 26.2 Å². The van der Waals surface area contributed by atoms with Crippen molar-refractivity contribution >= 4 is 16.5 Å². The van der Waals surface area contributed by atoms with Crippen molar-refractivity contribution in [2.75, 3.05) is 32.7 Å². The Morgan fingerprint density at radius 2 is 2.22 bits per heavy atom. The lowest BCUT2D eigenvalue weighted by Gasteiger charge is -2.41. The molecular weight excluding hydrogens is 250 g/mol. The van der Waals surface area contributed by atoms with Crippen LogP contribution in [-0.2, 0) is 6.54 Å². The van der Waals surface area contributed by atoms with E-state index in [0.29, 0.717) is 12.4 Å². The zero-order chi connectivity index (χ0) is 13.2. The van der Waals surface area contributed by atoms with Crippen LogP contribution in [0.2, 0.25) is 0 Å². The average molecular weight is 271 g/mol. The molecule has 0 atom stereocenters. The molecule has 0 bridgehead atoms. The Balaban J connectivity index is 2.04. The van der Waals surface area contributed by atoms with Crippen LogP contribution in [0.3, 0.4) is 0 Å². The zero-order valence-electron chi connectivity index (χ0n) is 11.2. The van der Waals surface area contributed by atoms with E-state index >= 15 is 0 Å². The summed E-state index contributed by atoms with van der Waals surface area (Å²) < 4.78 is 5.30. The monoisotopic (exact) mass is 271 g/mol. The van der Waals surface area contributed by atoms with Crippen LogP contribution in [0.5, 0.6) is 5.88 Å². The lowest BCUT2D eigenvalue weighted by Crippen LogP contribution is -2.53. The number of rotatable bonds is 6. The van der Waals surface area contributed by atoms with E-state index in [9.17, 15) is 5.11 Å². The Bertz CT molecular complexity index is 397. The molecule has 102 valence electrons. The maximum atomic E-state index is 9.42. The average Bonchev–Trinajstić information content (AvgIpc) is 2.72. The summed E-state index contributed by atoms with van der Waals surface area (Å²) in [4.78, 5) is 7.48. The molecule has 1 aliphatic carbocycles. The number of methoxy groups -OCH3 is 1. The third-order valence-corrected chi connectivity index (χ3v) is 4.67. The van der Waals surface area contributed by atoms with Crippen LogP contribution in [0.25, 0.3) is 0 Å². The molecule has 0 saturated heterocycles. The van der Waals surface area contributed by atoms with E-state index in [1.54, 1.807) is 18.4 Å². The van der Waals surface area contributed by atoms with E-state index in [1.165, 1.54) is 6.42 Å². The maximum Gasteiger partial charge on any atom is 0.230 e. The van der Waals surface area contributed by atoms with Gasteiger partial charge < -0.3 is 20.1 Å². The summed E-state index contributed by atoms with van der Waals surface area (Å²) in [7, 11) is 5.58. The van der Waals surface area contributed by atoms with Gasteiger partial charge in [-0.2, -0.15) is 4.98 Å². The molecule has 1 aliphatic rings. The number of aliphatic hydroxyl groups excluding tert-OH is 1. The van der Waals surface area contributed by atoms with Gasteiger partial charge in [0.2, 0.25) is 5.88 Å². The number of hydrogen-bond acceptors (Lipinski definition) is 6. The largest absolute Gasteiger partial charge is 0.480 e. The summed E-state index contributed by atoms with van der Waals surface area (Å²) in [5.41, 5.74) is -0.0761. The molecule has 2 rings (SSSR count). The minimum atomic E-state index is -0.0761. The van der Waals surface area contributed by atoms with Crippen LogP contribution < -0.4 is 15.0 Å². The maximum absolute atomic E-state index is 9.42. The summed E-state index contributed by atoms with van der Waals surface area (Å²) in [6, 6.07) is 0. The molecule has 1 fully saturated rings. The highest BCUT2D eigenvalue weighted by Gasteiger charge is 2.36. The first-order chi connectivity index (χ1) is 8.60. The minimum absolute atomic E-state index is 0.0761. The lowest BCUT2D eigenvalue weighted by molar-refractivity contribution is 0.0872. The normalized spacial score (nSPS) is 17.3. The number of ether oxygens (including phenoxy) is 1. The van der Waals surface area contributed by atoms with Gasteiger partial charge in [-0.25, -0.2) is 0 Å². The highest BCUT2D eigenvalue weighted by molar-refractivity contribution is 7.15. The fraction of sp³-hybridized carbons (Fsp3) is 0.750. The van der Waals surface area contributed by atoms with Crippen LogP contribution in [0, 0.1) is 0 Å². The molecular formula is C12H21N3O2S. The summed E-state index contributed by atoms with van der Waals surface area (Å²) >= 11 is 1.62. The van der Waals surface area contributed by atoms with E-state index in [1.807, 2.05) is 19.0 Å². The highest BCUT2D eigenvalue weighted by atomic mass is 32.1. The number of aromatic nitrogens is 1. The van der Waals surface area contributed by atoms with Crippen LogP contribution in [0.15, 0.2) is 0 Å². The van der Waals surface area contributed by atoms with Gasteiger partial charge in [0.15, 0.2) is 5.13 Å². The number of aliphatic hydroxyl groups is 1. The fourth-order valence-electron chi connectivity index (χ4n) is 2.05. The van der Waals surface area contributed by atoms with Gasteiger partial charge in [-0.3, -0.25) is 0 Å². The summed E-state index contributed by atoms with van der Waals surface area (Å²) in [6.07, 6.45) is 3.28. The molecule has 18 heavy (non-hydrogen) atoms. The van der Waals surface area contributed by atoms with Gasteiger partial charge in [-0.05, 0) is 19.3 Å². The zero-order valence-corrected chi connectivity index (χ0v) is 12.0. The van der Waals surface area contributed by atoms with E-state index in [4.69, 9.17) is 4.74 Å². The molecule has 1 heterocycles. The van der Waals surface area contributed by atoms with Crippen molar-refractivity contribution in [2.45, 2.75) is 31.3 Å². The smallest absolute Gasteiger partial charge is 0.230 e. The van der Waals surface area contributed by atoms with Gasteiger partial charge in [-0.1, -0.05) is 11.3 Å². The Labute approximate surface area is 112 Å². The fourth-order valence-corrected chi connectivity index (χ4v) is 2.94. The van der Waals surface area contributed by atoms with Gasteiger partial charge in [0.1, 0.15) is 0 Å². The number of anilines is 1. The SMILES string of the molecule is COc1nc(N(C)C)sc1CNC1(CO)CCC1. The van der Waals surface area contributed by atoms with Gasteiger partial charge in [0.25, 0.3) is 0 Å². The van der Waals surface area contributed by atoms with Crippen LogP contribution in [0.1, 0.15) is 24.1 Å². The minimum Gasteiger partial charge on any atom is -0.480 e. The first-order valence-corrected chi connectivity index (χ1v) is 6.99. The molecule has 0 unspecified atom stereocenters. The number of hydrogen-bond donors (Lipinski definition) is 2. The van der Waals surface area contributed by atoms with Crippen molar-refractivity contribution in [1.82, 2.24) is 10.3 Å². The Kier molecular flexibility index (Phi) is 4.09. The van der Waals surface area contributed by atoms with Gasteiger partial charge >= 0.3 is 0 Å². The molecule has 1 aromatic rings. The van der Waals surface area contributed by atoms with E-state index in [2.05, 4.69) is 10.3 Å². The molecule has 0 radical (unpaired) electrons. The van der Waals surface area contributed by atoms with Crippen molar-refractivity contribution in [1.29, 1.82) is 0 Å². The Morgan fingerprint density at radius 3 is 2.67 bits per heavy atom. The number of thiazole rings is 1. The lowest BCUT2D eigenvalue weighted by atomic mass is 9.77. The third kappa shape index (κ3) is 2.60. The molecule has 0 spiro atoms. The van der Waals surface area contributed by atoms with Crippen molar-refractivity contribution in [3.63, 3.8) is 0 Å². The predicted molar refractivity (Wildman–Crippen MR) is 73.5 cm³/mol. The first kappa shape index (κ1) is 13.6. The number of nitrogens with one attached hydrogen (secondary N) is 1. The number of nitrogens with zero attached hydrogens (tertiary/aromatic N) is 2. The second kappa shape index (κ2) is 5.42. The van der Waals surface area contributed by atoms with Crippen molar-refractivity contribution in [2.24, 2.45) is 0 Å². The summed E-state index contributed by atoms with van der Waals surface area (Å²) in [5.74, 6) is 0.684. The topological polar surface area (TPSA) is 57.6 Å². The summed E-state index contributed by atoms with van der Waals surface area (Å²) in [6.45, 7) is 0.907. The van der Waals surface area contributed by atoms with Crippen molar-refractivity contribution < 1.29 is 9.84 Å². The Morgan fingerprint density at radius 1 is 1.50 bits per heavy atom. The highest BCUT2D eigenvalue weighted by Crippen LogP contribution is 2.34. The third-order valence-electron chi connectivity index (χ3n) is 3.46. The molecule has 2 N–H and O–H groups in total. The predicted octanol–water partition coefficient (Wildman–Crippen LogP) is 1.22. The molecule has 5 nitrogen and oxygen atoms in total. The molecule has 0 aromatic carbocycles. The van der Waals surface area contributed by atoms with Gasteiger partial charge in [-0.15, -0.1) is 0 Å². The first-order valence-electron chi connectivity index (χ1n) is 6.17.